The van der Waals surface area contributed by atoms with Crippen LogP contribution < -0.4 is 4.74 Å². The summed E-state index contributed by atoms with van der Waals surface area (Å²) in [6.45, 7) is 2.83. The number of hydrogen-bond acceptors (Lipinski definition) is 4. The van der Waals surface area contributed by atoms with Gasteiger partial charge < -0.3 is 19.3 Å². The lowest BCUT2D eigenvalue weighted by Gasteiger charge is -2.35. The van der Waals surface area contributed by atoms with E-state index in [-0.39, 0.29) is 17.9 Å². The van der Waals surface area contributed by atoms with E-state index in [9.17, 15) is 9.59 Å². The van der Waals surface area contributed by atoms with E-state index in [0.29, 0.717) is 38.3 Å². The monoisotopic (exact) mass is 456 g/mol. The van der Waals surface area contributed by atoms with Gasteiger partial charge in [-0.25, -0.2) is 0 Å². The Kier molecular flexibility index (Phi) is 6.58. The number of hydrogen-bond donors (Lipinski definition) is 0. The molecule has 2 aliphatic rings. The summed E-state index contributed by atoms with van der Waals surface area (Å²) < 4.78 is 11.6. The zero-order chi connectivity index (χ0) is 23.3. The molecule has 0 radical (unpaired) electrons. The average Bonchev–Trinajstić information content (AvgIpc) is 3.44. The highest BCUT2D eigenvalue weighted by Gasteiger charge is 2.31. The van der Waals surface area contributed by atoms with Gasteiger partial charge in [-0.2, -0.15) is 0 Å². The molecule has 0 aromatic heterocycles. The van der Waals surface area contributed by atoms with Crippen molar-refractivity contribution in [1.29, 1.82) is 0 Å². The van der Waals surface area contributed by atoms with Gasteiger partial charge in [0.05, 0.1) is 0 Å². The van der Waals surface area contributed by atoms with Crippen molar-refractivity contribution in [2.24, 2.45) is 0 Å². The van der Waals surface area contributed by atoms with E-state index in [1.807, 2.05) is 88.7 Å². The van der Waals surface area contributed by atoms with Gasteiger partial charge >= 0.3 is 0 Å². The summed E-state index contributed by atoms with van der Waals surface area (Å²) in [5, 5.41) is 0. The van der Waals surface area contributed by atoms with Crippen LogP contribution in [0.5, 0.6) is 11.5 Å². The normalized spacial score (nSPS) is 18.1. The Morgan fingerprint density at radius 2 is 1.47 bits per heavy atom. The fourth-order valence-corrected chi connectivity index (χ4v) is 4.49. The third-order valence-electron chi connectivity index (χ3n) is 6.38. The molecule has 3 aromatic rings. The number of rotatable bonds is 5. The maximum Gasteiger partial charge on any atom is 0.253 e. The first-order valence-corrected chi connectivity index (χ1v) is 11.8. The highest BCUT2D eigenvalue weighted by molar-refractivity contribution is 5.95. The van der Waals surface area contributed by atoms with Crippen LogP contribution in [-0.4, -0.2) is 60.5 Å². The van der Waals surface area contributed by atoms with Gasteiger partial charge in [0.25, 0.3) is 11.8 Å². The van der Waals surface area contributed by atoms with E-state index in [4.69, 9.17) is 9.47 Å². The van der Waals surface area contributed by atoms with Crippen molar-refractivity contribution in [2.45, 2.75) is 18.9 Å². The van der Waals surface area contributed by atoms with Gasteiger partial charge in [0.1, 0.15) is 17.6 Å². The Hall–Kier alpha value is -3.64. The maximum atomic E-state index is 13.1. The first kappa shape index (κ1) is 22.2. The van der Waals surface area contributed by atoms with Gasteiger partial charge in [-0.1, -0.05) is 48.5 Å². The van der Waals surface area contributed by atoms with E-state index in [1.54, 1.807) is 0 Å². The van der Waals surface area contributed by atoms with E-state index in [2.05, 4.69) is 0 Å². The van der Waals surface area contributed by atoms with Crippen molar-refractivity contribution >= 4 is 11.8 Å². The van der Waals surface area contributed by atoms with E-state index >= 15 is 0 Å². The number of amides is 2. The van der Waals surface area contributed by atoms with Crippen LogP contribution in [0.2, 0.25) is 0 Å². The Balaban J connectivity index is 1.24. The lowest BCUT2D eigenvalue weighted by atomic mass is 10.0. The van der Waals surface area contributed by atoms with Gasteiger partial charge in [-0.05, 0) is 48.7 Å². The number of piperazine rings is 1. The average molecular weight is 457 g/mol. The van der Waals surface area contributed by atoms with Crippen LogP contribution in [-0.2, 0) is 9.53 Å². The molecule has 2 amide bonds. The SMILES string of the molecule is O=C(c1ccc(-c2ccccc2Oc2ccccc2)cc1)N1CCN(C(=O)[C@@H]2CCCO2)CC1. The van der Waals surface area contributed by atoms with Gasteiger partial charge in [-0.3, -0.25) is 9.59 Å². The molecule has 0 aliphatic carbocycles. The Bertz CT molecular complexity index is 1130. The lowest BCUT2D eigenvalue weighted by Crippen LogP contribution is -2.52. The molecule has 0 saturated carbocycles. The van der Waals surface area contributed by atoms with Crippen molar-refractivity contribution in [3.05, 3.63) is 84.4 Å². The molecule has 1 atom stereocenters. The van der Waals surface area contributed by atoms with Gasteiger partial charge in [0.2, 0.25) is 0 Å². The van der Waals surface area contributed by atoms with Crippen LogP contribution >= 0.6 is 0 Å². The van der Waals surface area contributed by atoms with Gasteiger partial charge in [0.15, 0.2) is 0 Å². The van der Waals surface area contributed by atoms with Crippen molar-refractivity contribution < 1.29 is 19.1 Å². The van der Waals surface area contributed by atoms with Gasteiger partial charge in [-0.15, -0.1) is 0 Å². The molecule has 6 nitrogen and oxygen atoms in total. The van der Waals surface area contributed by atoms with Crippen LogP contribution in [0, 0.1) is 0 Å². The van der Waals surface area contributed by atoms with Gasteiger partial charge in [0, 0.05) is 43.9 Å². The molecule has 6 heteroatoms. The van der Waals surface area contributed by atoms with Crippen LogP contribution in [0.15, 0.2) is 78.9 Å². The molecule has 2 heterocycles. The molecule has 2 fully saturated rings. The summed E-state index contributed by atoms with van der Waals surface area (Å²) in [6.07, 6.45) is 1.43. The predicted octanol–water partition coefficient (Wildman–Crippen LogP) is 4.61. The zero-order valence-corrected chi connectivity index (χ0v) is 19.1. The number of carbonyl (C=O) groups is 2. The third kappa shape index (κ3) is 4.82. The summed E-state index contributed by atoms with van der Waals surface area (Å²) in [5.74, 6) is 1.59. The number of para-hydroxylation sites is 2. The summed E-state index contributed by atoms with van der Waals surface area (Å²) in [4.78, 5) is 29.3. The van der Waals surface area contributed by atoms with E-state index < -0.39 is 0 Å². The molecule has 0 spiro atoms. The first-order valence-electron chi connectivity index (χ1n) is 11.8. The molecule has 0 N–H and O–H groups in total. The Morgan fingerprint density at radius 1 is 0.794 bits per heavy atom. The van der Waals surface area contributed by atoms with Crippen molar-refractivity contribution in [3.63, 3.8) is 0 Å². The molecule has 3 aromatic carbocycles. The number of benzene rings is 3. The van der Waals surface area contributed by atoms with E-state index in [1.165, 1.54) is 0 Å². The summed E-state index contributed by atoms with van der Waals surface area (Å²) in [7, 11) is 0. The molecule has 5 rings (SSSR count). The predicted molar refractivity (Wildman–Crippen MR) is 130 cm³/mol. The lowest BCUT2D eigenvalue weighted by molar-refractivity contribution is -0.142. The fraction of sp³-hybridized carbons (Fsp3) is 0.286. The van der Waals surface area contributed by atoms with Crippen molar-refractivity contribution in [3.8, 4) is 22.6 Å². The zero-order valence-electron chi connectivity index (χ0n) is 19.1. The topological polar surface area (TPSA) is 59.1 Å². The minimum atomic E-state index is -0.302. The molecule has 2 saturated heterocycles. The van der Waals surface area contributed by atoms with Crippen LogP contribution in [0.1, 0.15) is 23.2 Å². The van der Waals surface area contributed by atoms with Crippen LogP contribution in [0.4, 0.5) is 0 Å². The summed E-state index contributed by atoms with van der Waals surface area (Å²) >= 11 is 0. The van der Waals surface area contributed by atoms with Crippen LogP contribution in [0.3, 0.4) is 0 Å². The largest absolute Gasteiger partial charge is 0.457 e. The minimum absolute atomic E-state index is 0.00964. The molecule has 2 aliphatic heterocycles. The Morgan fingerprint density at radius 3 is 2.18 bits per heavy atom. The number of ether oxygens (including phenoxy) is 2. The highest BCUT2D eigenvalue weighted by atomic mass is 16.5. The quantitative estimate of drug-likeness (QED) is 0.563. The van der Waals surface area contributed by atoms with E-state index in [0.717, 1.165) is 35.5 Å². The summed E-state index contributed by atoms with van der Waals surface area (Å²) in [5.41, 5.74) is 2.59. The molecule has 0 bridgehead atoms. The standard InChI is InChI=1S/C28H28N2O4/c31-27(29-16-18-30(19-17-29)28(32)26-11-6-20-33-26)22-14-12-21(13-15-22)24-9-4-5-10-25(24)34-23-7-2-1-3-8-23/h1-5,7-10,12-15,26H,6,11,16-20H2/t26-/m0/s1. The minimum Gasteiger partial charge on any atom is -0.457 e. The fourth-order valence-electron chi connectivity index (χ4n) is 4.49. The second-order valence-corrected chi connectivity index (χ2v) is 8.61. The molecule has 174 valence electrons. The van der Waals surface area contributed by atoms with Crippen molar-refractivity contribution in [2.75, 3.05) is 32.8 Å². The molecule has 0 unspecified atom stereocenters. The molecule has 34 heavy (non-hydrogen) atoms. The number of nitrogens with zero attached hydrogens (tertiary/aromatic N) is 2. The third-order valence-corrected chi connectivity index (χ3v) is 6.38. The maximum absolute atomic E-state index is 13.1. The number of carbonyl (C=O) groups excluding carboxylic acids is 2. The van der Waals surface area contributed by atoms with Crippen LogP contribution in [0.25, 0.3) is 11.1 Å². The molecular formula is C28H28N2O4. The molecular weight excluding hydrogens is 428 g/mol. The first-order chi connectivity index (χ1) is 16.7. The highest BCUT2D eigenvalue weighted by Crippen LogP contribution is 2.33. The summed E-state index contributed by atoms with van der Waals surface area (Å²) in [6, 6.07) is 25.2. The Labute approximate surface area is 199 Å². The second kappa shape index (κ2) is 10.1. The smallest absolute Gasteiger partial charge is 0.253 e. The second-order valence-electron chi connectivity index (χ2n) is 8.61. The van der Waals surface area contributed by atoms with Crippen molar-refractivity contribution in [1.82, 2.24) is 9.80 Å².